The first kappa shape index (κ1) is 22.2. The number of amides is 3. The number of esters is 1. The summed E-state index contributed by atoms with van der Waals surface area (Å²) in [4.78, 5) is 53.6. The Morgan fingerprint density at radius 1 is 0.968 bits per heavy atom. The summed E-state index contributed by atoms with van der Waals surface area (Å²) in [5, 5.41) is 0. The van der Waals surface area contributed by atoms with Crippen molar-refractivity contribution >= 4 is 29.4 Å². The lowest BCUT2D eigenvalue weighted by atomic mass is 9.99. The fourth-order valence-corrected chi connectivity index (χ4v) is 3.70. The molecule has 1 atom stereocenters. The summed E-state index contributed by atoms with van der Waals surface area (Å²) in [5.41, 5.74) is 1.46. The average molecular weight is 422 g/mol. The van der Waals surface area contributed by atoms with Gasteiger partial charge in [0, 0.05) is 11.1 Å². The monoisotopic (exact) mass is 422 g/mol. The van der Waals surface area contributed by atoms with Gasteiger partial charge in [0.15, 0.2) is 0 Å². The molecule has 3 amide bonds. The minimum absolute atomic E-state index is 0.105. The Balaban J connectivity index is 1.93. The molecule has 0 spiro atoms. The average Bonchev–Trinajstić information content (AvgIpc) is 3.00. The molecule has 31 heavy (non-hydrogen) atoms. The van der Waals surface area contributed by atoms with E-state index in [4.69, 9.17) is 0 Å². The number of nitrogens with zero attached hydrogens (tertiary/aromatic N) is 2. The van der Waals surface area contributed by atoms with Gasteiger partial charge in [-0.15, -0.1) is 0 Å². The highest BCUT2D eigenvalue weighted by molar-refractivity contribution is 6.23. The molecule has 1 fully saturated rings. The number of carbonyl (C=O) groups is 4. The molecular weight excluding hydrogens is 396 g/mol. The molecule has 1 heterocycles. The standard InChI is InChI=1S/C24H26N2O5/c1-15-6-8-16(9-7-15)21(28)26(24(2,3)4)19-14-20(27)25(22(19)29)18-12-10-17(11-13-18)23(30)31-5/h6-13,19H,14H2,1-5H3. The number of benzene rings is 2. The molecule has 2 aromatic carbocycles. The van der Waals surface area contributed by atoms with E-state index in [0.717, 1.165) is 10.5 Å². The van der Waals surface area contributed by atoms with Crippen molar-refractivity contribution in [3.8, 4) is 0 Å². The Kier molecular flexibility index (Phi) is 5.97. The maximum Gasteiger partial charge on any atom is 0.337 e. The van der Waals surface area contributed by atoms with Crippen molar-refractivity contribution in [2.45, 2.75) is 45.7 Å². The van der Waals surface area contributed by atoms with Crippen molar-refractivity contribution in [3.63, 3.8) is 0 Å². The number of imide groups is 1. The molecule has 0 N–H and O–H groups in total. The first-order valence-corrected chi connectivity index (χ1v) is 10.00. The lowest BCUT2D eigenvalue weighted by Gasteiger charge is -2.39. The van der Waals surface area contributed by atoms with Gasteiger partial charge in [-0.25, -0.2) is 9.69 Å². The first-order valence-electron chi connectivity index (χ1n) is 10.00. The van der Waals surface area contributed by atoms with Crippen LogP contribution in [-0.2, 0) is 14.3 Å². The van der Waals surface area contributed by atoms with Gasteiger partial charge in [-0.05, 0) is 64.1 Å². The largest absolute Gasteiger partial charge is 0.465 e. The zero-order chi connectivity index (χ0) is 22.9. The van der Waals surface area contributed by atoms with Gasteiger partial charge in [0.2, 0.25) is 5.91 Å². The molecular formula is C24H26N2O5. The van der Waals surface area contributed by atoms with Crippen molar-refractivity contribution in [2.24, 2.45) is 0 Å². The third-order valence-electron chi connectivity index (χ3n) is 5.22. The SMILES string of the molecule is COC(=O)c1ccc(N2C(=O)CC(N(C(=O)c3ccc(C)cc3)C(C)(C)C)C2=O)cc1. The van der Waals surface area contributed by atoms with Crippen LogP contribution < -0.4 is 4.90 Å². The highest BCUT2D eigenvalue weighted by atomic mass is 16.5. The highest BCUT2D eigenvalue weighted by Crippen LogP contribution is 2.31. The van der Waals surface area contributed by atoms with Crippen LogP contribution in [0.1, 0.15) is 53.5 Å². The molecule has 0 aromatic heterocycles. The number of hydrogen-bond acceptors (Lipinski definition) is 5. The smallest absolute Gasteiger partial charge is 0.337 e. The molecule has 0 bridgehead atoms. The van der Waals surface area contributed by atoms with Crippen LogP contribution in [0, 0.1) is 6.92 Å². The van der Waals surface area contributed by atoms with Crippen LogP contribution in [0.25, 0.3) is 0 Å². The molecule has 1 aliphatic heterocycles. The van der Waals surface area contributed by atoms with Crippen LogP contribution in [-0.4, -0.2) is 47.3 Å². The molecule has 3 rings (SSSR count). The fraction of sp³-hybridized carbons (Fsp3) is 0.333. The molecule has 0 aliphatic carbocycles. The minimum atomic E-state index is -0.915. The zero-order valence-corrected chi connectivity index (χ0v) is 18.3. The van der Waals surface area contributed by atoms with Crippen LogP contribution in [0.5, 0.6) is 0 Å². The maximum atomic E-state index is 13.3. The van der Waals surface area contributed by atoms with E-state index in [2.05, 4.69) is 4.74 Å². The summed E-state index contributed by atoms with van der Waals surface area (Å²) < 4.78 is 4.67. The van der Waals surface area contributed by atoms with Gasteiger partial charge in [-0.1, -0.05) is 17.7 Å². The molecule has 0 radical (unpaired) electrons. The molecule has 1 saturated heterocycles. The van der Waals surface area contributed by atoms with Crippen molar-refractivity contribution < 1.29 is 23.9 Å². The molecule has 0 saturated carbocycles. The minimum Gasteiger partial charge on any atom is -0.465 e. The quantitative estimate of drug-likeness (QED) is 0.557. The van der Waals surface area contributed by atoms with Gasteiger partial charge in [0.1, 0.15) is 6.04 Å². The third-order valence-corrected chi connectivity index (χ3v) is 5.22. The van der Waals surface area contributed by atoms with Gasteiger partial charge in [-0.3, -0.25) is 14.4 Å². The highest BCUT2D eigenvalue weighted by Gasteiger charge is 2.47. The summed E-state index contributed by atoms with van der Waals surface area (Å²) in [6.45, 7) is 7.44. The number of anilines is 1. The first-order chi connectivity index (χ1) is 14.5. The second-order valence-electron chi connectivity index (χ2n) is 8.54. The molecule has 2 aromatic rings. The lowest BCUT2D eigenvalue weighted by Crippen LogP contribution is -2.54. The van der Waals surface area contributed by atoms with Crippen LogP contribution in [0.15, 0.2) is 48.5 Å². The van der Waals surface area contributed by atoms with Gasteiger partial charge in [0.05, 0.1) is 24.8 Å². The van der Waals surface area contributed by atoms with Crippen molar-refractivity contribution in [1.29, 1.82) is 0 Å². The van der Waals surface area contributed by atoms with E-state index < -0.39 is 29.4 Å². The van der Waals surface area contributed by atoms with Crippen LogP contribution in [0.2, 0.25) is 0 Å². The normalized spacial score (nSPS) is 16.4. The number of aryl methyl sites for hydroxylation is 1. The Morgan fingerprint density at radius 2 is 1.52 bits per heavy atom. The number of ether oxygens (including phenoxy) is 1. The van der Waals surface area contributed by atoms with Gasteiger partial charge in [-0.2, -0.15) is 0 Å². The molecule has 1 unspecified atom stereocenters. The molecule has 162 valence electrons. The van der Waals surface area contributed by atoms with Gasteiger partial charge < -0.3 is 9.64 Å². The van der Waals surface area contributed by atoms with Crippen LogP contribution >= 0.6 is 0 Å². The van der Waals surface area contributed by atoms with Gasteiger partial charge >= 0.3 is 5.97 Å². The van der Waals surface area contributed by atoms with E-state index in [1.807, 2.05) is 39.8 Å². The second-order valence-corrected chi connectivity index (χ2v) is 8.54. The Morgan fingerprint density at radius 3 is 2.03 bits per heavy atom. The van der Waals surface area contributed by atoms with E-state index in [0.29, 0.717) is 16.8 Å². The van der Waals surface area contributed by atoms with E-state index in [1.165, 1.54) is 36.3 Å². The topological polar surface area (TPSA) is 84.0 Å². The van der Waals surface area contributed by atoms with E-state index in [1.54, 1.807) is 12.1 Å². The van der Waals surface area contributed by atoms with E-state index in [-0.39, 0.29) is 12.3 Å². The summed E-state index contributed by atoms with van der Waals surface area (Å²) in [6.07, 6.45) is -0.105. The van der Waals surface area contributed by atoms with Crippen molar-refractivity contribution in [2.75, 3.05) is 12.0 Å². The zero-order valence-electron chi connectivity index (χ0n) is 18.3. The maximum absolute atomic E-state index is 13.3. The Labute approximate surface area is 181 Å². The molecule has 7 heteroatoms. The summed E-state index contributed by atoms with van der Waals surface area (Å²) >= 11 is 0. The number of methoxy groups -OCH3 is 1. The predicted octanol–water partition coefficient (Wildman–Crippen LogP) is 3.35. The summed E-state index contributed by atoms with van der Waals surface area (Å²) in [7, 11) is 1.28. The van der Waals surface area contributed by atoms with Crippen LogP contribution in [0.3, 0.4) is 0 Å². The van der Waals surface area contributed by atoms with Crippen molar-refractivity contribution in [3.05, 3.63) is 65.2 Å². The molecule has 1 aliphatic rings. The van der Waals surface area contributed by atoms with E-state index >= 15 is 0 Å². The number of rotatable bonds is 4. The van der Waals surface area contributed by atoms with Crippen molar-refractivity contribution in [1.82, 2.24) is 4.90 Å². The second kappa shape index (κ2) is 8.34. The lowest BCUT2D eigenvalue weighted by molar-refractivity contribution is -0.123. The Bertz CT molecular complexity index is 1020. The third kappa shape index (κ3) is 4.35. The summed E-state index contributed by atoms with van der Waals surface area (Å²) in [6, 6.07) is 12.2. The predicted molar refractivity (Wildman–Crippen MR) is 116 cm³/mol. The number of carbonyl (C=O) groups excluding carboxylic acids is 4. The van der Waals surface area contributed by atoms with Gasteiger partial charge in [0.25, 0.3) is 11.8 Å². The van der Waals surface area contributed by atoms with E-state index in [9.17, 15) is 19.2 Å². The summed E-state index contributed by atoms with van der Waals surface area (Å²) in [5.74, 6) is -1.68. The Hall–Kier alpha value is -3.48. The van der Waals surface area contributed by atoms with Crippen LogP contribution in [0.4, 0.5) is 5.69 Å². The fourth-order valence-electron chi connectivity index (χ4n) is 3.70. The number of hydrogen-bond donors (Lipinski definition) is 0. The molecule has 7 nitrogen and oxygen atoms in total.